The van der Waals surface area contributed by atoms with Crippen molar-refractivity contribution in [2.45, 2.75) is 57.8 Å². The van der Waals surface area contributed by atoms with E-state index >= 15 is 0 Å². The van der Waals surface area contributed by atoms with Crippen molar-refractivity contribution >= 4 is 25.0 Å². The van der Waals surface area contributed by atoms with Crippen molar-refractivity contribution in [3.63, 3.8) is 0 Å². The van der Waals surface area contributed by atoms with Gasteiger partial charge in [-0.15, -0.1) is 0 Å². The lowest BCUT2D eigenvalue weighted by Gasteiger charge is -2.39. The standard InChI is InChI=1S/C24H37N3O6/c1-5-7-13-21(18-29)26(4)17-23(25(3)14-15-28)27(24(31)32-6-2)33-22(19-30)16-20-11-9-8-10-12-20/h8-12,15,18-19,21-23H,5-7,13-14,16-17H2,1-4H3. The fraction of sp³-hybridized carbons (Fsp3) is 0.583. The van der Waals surface area contributed by atoms with Gasteiger partial charge >= 0.3 is 6.09 Å². The minimum absolute atomic E-state index is 0.0168. The van der Waals surface area contributed by atoms with Crippen LogP contribution in [-0.4, -0.2) is 91.9 Å². The summed E-state index contributed by atoms with van der Waals surface area (Å²) in [6, 6.07) is 8.94. The molecule has 0 heterocycles. The van der Waals surface area contributed by atoms with E-state index in [0.717, 1.165) is 29.8 Å². The number of hydroxylamine groups is 2. The molecule has 0 aliphatic heterocycles. The van der Waals surface area contributed by atoms with Crippen molar-refractivity contribution < 1.29 is 28.8 Å². The number of unbranched alkanes of at least 4 members (excludes halogenated alkanes) is 1. The van der Waals surface area contributed by atoms with Crippen LogP contribution in [0.5, 0.6) is 0 Å². The highest BCUT2D eigenvalue weighted by Crippen LogP contribution is 2.16. The number of carbonyl (C=O) groups excluding carboxylic acids is 4. The third-order valence-corrected chi connectivity index (χ3v) is 5.30. The number of benzene rings is 1. The quantitative estimate of drug-likeness (QED) is 0.197. The lowest BCUT2D eigenvalue weighted by atomic mass is 10.1. The number of nitrogens with zero attached hydrogens (tertiary/aromatic N) is 3. The lowest BCUT2D eigenvalue weighted by Crippen LogP contribution is -2.57. The van der Waals surface area contributed by atoms with Gasteiger partial charge in [-0.2, -0.15) is 5.06 Å². The van der Waals surface area contributed by atoms with Crippen LogP contribution >= 0.6 is 0 Å². The molecular formula is C24H37N3O6. The van der Waals surface area contributed by atoms with E-state index in [9.17, 15) is 19.2 Å². The molecule has 1 amide bonds. The van der Waals surface area contributed by atoms with Gasteiger partial charge in [-0.3, -0.25) is 14.6 Å². The molecule has 3 atom stereocenters. The molecule has 0 aromatic heterocycles. The van der Waals surface area contributed by atoms with Crippen LogP contribution in [0.2, 0.25) is 0 Å². The van der Waals surface area contributed by atoms with Gasteiger partial charge in [0, 0.05) is 13.0 Å². The van der Waals surface area contributed by atoms with E-state index < -0.39 is 18.4 Å². The normalized spacial score (nSPS) is 13.9. The summed E-state index contributed by atoms with van der Waals surface area (Å²) >= 11 is 0. The molecule has 33 heavy (non-hydrogen) atoms. The van der Waals surface area contributed by atoms with Crippen molar-refractivity contribution in [2.24, 2.45) is 0 Å². The van der Waals surface area contributed by atoms with Crippen LogP contribution < -0.4 is 0 Å². The molecule has 0 spiro atoms. The zero-order valence-electron chi connectivity index (χ0n) is 20.1. The Morgan fingerprint density at radius 2 is 1.73 bits per heavy atom. The van der Waals surface area contributed by atoms with Crippen LogP contribution in [0.25, 0.3) is 0 Å². The summed E-state index contributed by atoms with van der Waals surface area (Å²) in [6.45, 7) is 4.04. The Balaban J connectivity index is 3.18. The van der Waals surface area contributed by atoms with Gasteiger partial charge in [0.25, 0.3) is 0 Å². The molecule has 1 rings (SSSR count). The summed E-state index contributed by atoms with van der Waals surface area (Å²) in [5, 5.41) is 1.01. The highest BCUT2D eigenvalue weighted by atomic mass is 16.7. The van der Waals surface area contributed by atoms with Gasteiger partial charge in [0.05, 0.1) is 19.2 Å². The molecule has 184 valence electrons. The third-order valence-electron chi connectivity index (χ3n) is 5.30. The predicted octanol–water partition coefficient (Wildman–Crippen LogP) is 2.33. The van der Waals surface area contributed by atoms with Gasteiger partial charge in [-0.1, -0.05) is 50.1 Å². The molecule has 0 saturated heterocycles. The molecule has 1 aromatic rings. The lowest BCUT2D eigenvalue weighted by molar-refractivity contribution is -0.217. The summed E-state index contributed by atoms with van der Waals surface area (Å²) in [4.78, 5) is 56.9. The van der Waals surface area contributed by atoms with E-state index in [1.54, 1.807) is 25.9 Å². The second-order valence-corrected chi connectivity index (χ2v) is 7.87. The molecule has 0 saturated carbocycles. The first-order valence-electron chi connectivity index (χ1n) is 11.3. The molecule has 9 heteroatoms. The van der Waals surface area contributed by atoms with Gasteiger partial charge in [0.2, 0.25) is 0 Å². The van der Waals surface area contributed by atoms with Crippen molar-refractivity contribution in [2.75, 3.05) is 33.8 Å². The van der Waals surface area contributed by atoms with E-state index in [1.165, 1.54) is 0 Å². The zero-order valence-corrected chi connectivity index (χ0v) is 20.1. The van der Waals surface area contributed by atoms with Gasteiger partial charge in [-0.05, 0) is 33.0 Å². The number of carbonyl (C=O) groups is 4. The Labute approximate surface area is 196 Å². The van der Waals surface area contributed by atoms with Gasteiger partial charge in [-0.25, -0.2) is 4.79 Å². The van der Waals surface area contributed by atoms with E-state index in [1.807, 2.05) is 42.2 Å². The SMILES string of the molecule is CCCCC(C=O)N(C)CC(N(C)CC=O)N(OC(C=O)Cc1ccccc1)C(=O)OCC. The highest BCUT2D eigenvalue weighted by Gasteiger charge is 2.34. The van der Waals surface area contributed by atoms with Gasteiger partial charge in [0.15, 0.2) is 6.29 Å². The number of ether oxygens (including phenoxy) is 1. The fourth-order valence-electron chi connectivity index (χ4n) is 3.35. The maximum Gasteiger partial charge on any atom is 0.435 e. The number of rotatable bonds is 17. The molecule has 0 aliphatic rings. The first-order chi connectivity index (χ1) is 15.9. The Hall–Kier alpha value is -2.62. The highest BCUT2D eigenvalue weighted by molar-refractivity contribution is 5.67. The molecular weight excluding hydrogens is 426 g/mol. The van der Waals surface area contributed by atoms with E-state index in [-0.39, 0.29) is 32.2 Å². The monoisotopic (exact) mass is 463 g/mol. The van der Waals surface area contributed by atoms with Crippen LogP contribution in [0, 0.1) is 0 Å². The van der Waals surface area contributed by atoms with Crippen molar-refractivity contribution in [1.82, 2.24) is 14.9 Å². The maximum atomic E-state index is 12.8. The molecule has 0 N–H and O–H groups in total. The second kappa shape index (κ2) is 16.1. The van der Waals surface area contributed by atoms with Crippen LogP contribution in [0.3, 0.4) is 0 Å². The van der Waals surface area contributed by atoms with Crippen molar-refractivity contribution in [3.05, 3.63) is 35.9 Å². The molecule has 0 aliphatic carbocycles. The van der Waals surface area contributed by atoms with Crippen molar-refractivity contribution in [1.29, 1.82) is 0 Å². The number of hydrogen-bond donors (Lipinski definition) is 0. The summed E-state index contributed by atoms with van der Waals surface area (Å²) < 4.78 is 5.19. The third kappa shape index (κ3) is 9.81. The summed E-state index contributed by atoms with van der Waals surface area (Å²) in [5.41, 5.74) is 0.869. The maximum absolute atomic E-state index is 12.8. The number of aldehydes is 3. The summed E-state index contributed by atoms with van der Waals surface area (Å²) in [6.07, 6.45) is 2.49. The Bertz CT molecular complexity index is 717. The van der Waals surface area contributed by atoms with E-state index in [2.05, 4.69) is 0 Å². The van der Waals surface area contributed by atoms with E-state index in [4.69, 9.17) is 9.57 Å². The smallest absolute Gasteiger partial charge is 0.435 e. The predicted molar refractivity (Wildman–Crippen MR) is 124 cm³/mol. The fourth-order valence-corrected chi connectivity index (χ4v) is 3.35. The molecule has 0 radical (unpaired) electrons. The first kappa shape index (κ1) is 28.4. The average molecular weight is 464 g/mol. The zero-order chi connectivity index (χ0) is 24.6. The molecule has 3 unspecified atom stereocenters. The molecule has 9 nitrogen and oxygen atoms in total. The Kier molecular flexibility index (Phi) is 13.8. The van der Waals surface area contributed by atoms with Crippen molar-refractivity contribution in [3.8, 4) is 0 Å². The number of amides is 1. The number of likely N-dealkylation sites (N-methyl/N-ethyl adjacent to an activating group) is 2. The van der Waals surface area contributed by atoms with E-state index in [0.29, 0.717) is 19.0 Å². The van der Waals surface area contributed by atoms with Crippen LogP contribution in [-0.2, 0) is 30.4 Å². The Morgan fingerprint density at radius 3 is 2.27 bits per heavy atom. The number of hydrogen-bond acceptors (Lipinski definition) is 8. The summed E-state index contributed by atoms with van der Waals surface area (Å²) in [7, 11) is 3.44. The minimum atomic E-state index is -0.948. The van der Waals surface area contributed by atoms with Crippen LogP contribution in [0.15, 0.2) is 30.3 Å². The topological polar surface area (TPSA) is 96.5 Å². The molecule has 0 fully saturated rings. The van der Waals surface area contributed by atoms with Crippen LogP contribution in [0.4, 0.5) is 4.79 Å². The summed E-state index contributed by atoms with van der Waals surface area (Å²) in [5.74, 6) is 0. The average Bonchev–Trinajstić information content (AvgIpc) is 2.81. The molecule has 1 aromatic carbocycles. The minimum Gasteiger partial charge on any atom is -0.448 e. The molecule has 0 bridgehead atoms. The van der Waals surface area contributed by atoms with Gasteiger partial charge in [0.1, 0.15) is 24.8 Å². The second-order valence-electron chi connectivity index (χ2n) is 7.87. The largest absolute Gasteiger partial charge is 0.448 e. The van der Waals surface area contributed by atoms with Gasteiger partial charge < -0.3 is 19.1 Å². The Morgan fingerprint density at radius 1 is 1.03 bits per heavy atom. The first-order valence-corrected chi connectivity index (χ1v) is 11.3. The van der Waals surface area contributed by atoms with Crippen LogP contribution in [0.1, 0.15) is 38.7 Å².